The van der Waals surface area contributed by atoms with Gasteiger partial charge in [0.25, 0.3) is 5.91 Å². The van der Waals surface area contributed by atoms with Crippen molar-refractivity contribution in [3.63, 3.8) is 0 Å². The van der Waals surface area contributed by atoms with Gasteiger partial charge in [-0.15, -0.1) is 11.3 Å². The van der Waals surface area contributed by atoms with Crippen LogP contribution >= 0.6 is 11.3 Å². The average Bonchev–Trinajstić information content (AvgIpc) is 3.47. The third kappa shape index (κ3) is 9.36. The highest BCUT2D eigenvalue weighted by Gasteiger charge is 2.22. The Morgan fingerprint density at radius 3 is 2.19 bits per heavy atom. The van der Waals surface area contributed by atoms with Gasteiger partial charge in [0.1, 0.15) is 5.60 Å². The second kappa shape index (κ2) is 12.9. The van der Waals surface area contributed by atoms with Gasteiger partial charge in [0.2, 0.25) is 0 Å². The van der Waals surface area contributed by atoms with Gasteiger partial charge in [0.05, 0.1) is 11.4 Å². The highest BCUT2D eigenvalue weighted by atomic mass is 32.1. The highest BCUT2D eigenvalue weighted by Crippen LogP contribution is 2.28. The number of carbonyl (C=O) groups is 3. The normalized spacial score (nSPS) is 13.9. The molecule has 0 unspecified atom stereocenters. The fourth-order valence-corrected chi connectivity index (χ4v) is 4.70. The van der Waals surface area contributed by atoms with E-state index < -0.39 is 11.7 Å². The molecular weight excluding hydrogens is 490 g/mol. The lowest BCUT2D eigenvalue weighted by atomic mass is 10.1. The van der Waals surface area contributed by atoms with E-state index in [1.807, 2.05) is 31.1 Å². The number of hydrogen-bond donors (Lipinski definition) is 3. The Morgan fingerprint density at radius 1 is 0.973 bits per heavy atom. The van der Waals surface area contributed by atoms with Gasteiger partial charge in [0.15, 0.2) is 0 Å². The van der Waals surface area contributed by atoms with E-state index in [9.17, 15) is 14.4 Å². The molecule has 3 N–H and O–H groups in total. The second-order valence-corrected chi connectivity index (χ2v) is 11.4. The van der Waals surface area contributed by atoms with Crippen LogP contribution < -0.4 is 16.0 Å². The number of urea groups is 1. The van der Waals surface area contributed by atoms with E-state index in [-0.39, 0.29) is 18.0 Å². The van der Waals surface area contributed by atoms with Gasteiger partial charge < -0.3 is 25.2 Å². The van der Waals surface area contributed by atoms with Crippen LogP contribution in [0.2, 0.25) is 0 Å². The molecule has 0 aliphatic heterocycles. The zero-order valence-electron chi connectivity index (χ0n) is 22.4. The summed E-state index contributed by atoms with van der Waals surface area (Å²) < 4.78 is 5.29. The monoisotopic (exact) mass is 529 g/mol. The lowest BCUT2D eigenvalue weighted by Gasteiger charge is -2.26. The van der Waals surface area contributed by atoms with Crippen LogP contribution in [-0.2, 0) is 11.3 Å². The minimum Gasteiger partial charge on any atom is -0.444 e. The summed E-state index contributed by atoms with van der Waals surface area (Å²) in [6, 6.07) is 7.45. The molecule has 10 heteroatoms. The van der Waals surface area contributed by atoms with Gasteiger partial charge in [-0.05, 0) is 65.4 Å². The SMILES string of the molecule is CN(C)CCN(Cc1ccc(C(=O)Nc2cscc2NC(=O)OC(C)(C)C)cc1)C(=O)NC1CCCC1. The third-order valence-electron chi connectivity index (χ3n) is 5.92. The summed E-state index contributed by atoms with van der Waals surface area (Å²) in [5.74, 6) is -0.291. The highest BCUT2D eigenvalue weighted by molar-refractivity contribution is 7.09. The number of nitrogens with zero attached hydrogens (tertiary/aromatic N) is 2. The molecular formula is C27H39N5O4S. The topological polar surface area (TPSA) is 103 Å². The molecule has 4 amide bonds. The lowest BCUT2D eigenvalue weighted by molar-refractivity contribution is 0.0635. The molecule has 0 spiro atoms. The summed E-state index contributed by atoms with van der Waals surface area (Å²) in [6.45, 7) is 7.20. The Morgan fingerprint density at radius 2 is 1.59 bits per heavy atom. The summed E-state index contributed by atoms with van der Waals surface area (Å²) >= 11 is 1.36. The molecule has 0 saturated heterocycles. The van der Waals surface area contributed by atoms with Crippen LogP contribution in [0.15, 0.2) is 35.0 Å². The van der Waals surface area contributed by atoms with Gasteiger partial charge in [-0.3, -0.25) is 10.1 Å². The van der Waals surface area contributed by atoms with E-state index in [4.69, 9.17) is 4.74 Å². The van der Waals surface area contributed by atoms with Gasteiger partial charge in [-0.25, -0.2) is 9.59 Å². The van der Waals surface area contributed by atoms with Gasteiger partial charge in [0, 0.05) is 42.0 Å². The van der Waals surface area contributed by atoms with E-state index in [2.05, 4.69) is 20.9 Å². The fraction of sp³-hybridized carbons (Fsp3) is 0.519. The summed E-state index contributed by atoms with van der Waals surface area (Å²) in [5, 5.41) is 12.2. The first-order valence-electron chi connectivity index (χ1n) is 12.7. The molecule has 0 bridgehead atoms. The van der Waals surface area contributed by atoms with Gasteiger partial charge in [-0.1, -0.05) is 25.0 Å². The van der Waals surface area contributed by atoms with Crippen LogP contribution in [0.4, 0.5) is 21.0 Å². The number of hydrogen-bond acceptors (Lipinski definition) is 6. The average molecular weight is 530 g/mol. The molecule has 1 aromatic heterocycles. The minimum atomic E-state index is -0.621. The molecule has 1 aromatic carbocycles. The predicted molar refractivity (Wildman–Crippen MR) is 148 cm³/mol. The van der Waals surface area contributed by atoms with Crippen molar-refractivity contribution in [2.75, 3.05) is 37.8 Å². The zero-order chi connectivity index (χ0) is 27.0. The first-order valence-corrected chi connectivity index (χ1v) is 13.6. The number of thiophene rings is 1. The standard InChI is InChI=1S/C27H39N5O4S/c1-27(2,3)36-26(35)30-23-18-37-17-22(23)29-24(33)20-12-10-19(11-13-20)16-32(15-14-31(4)5)25(34)28-21-8-6-7-9-21/h10-13,17-18,21H,6-9,14-16H2,1-5H3,(H,28,34)(H,29,33)(H,30,35). The molecule has 9 nitrogen and oxygen atoms in total. The molecule has 202 valence electrons. The number of carbonyl (C=O) groups excluding carboxylic acids is 3. The Kier molecular flexibility index (Phi) is 9.93. The number of benzene rings is 1. The summed E-state index contributed by atoms with van der Waals surface area (Å²) in [5.41, 5.74) is 1.79. The quantitative estimate of drug-likeness (QED) is 0.406. The van der Waals surface area contributed by atoms with Gasteiger partial charge in [-0.2, -0.15) is 0 Å². The van der Waals surface area contributed by atoms with Crippen LogP contribution in [0.1, 0.15) is 62.4 Å². The Hall–Kier alpha value is -3.11. The van der Waals surface area contributed by atoms with E-state index >= 15 is 0 Å². The smallest absolute Gasteiger partial charge is 0.412 e. The van der Waals surface area contributed by atoms with Gasteiger partial charge >= 0.3 is 12.1 Å². The first-order chi connectivity index (χ1) is 17.5. The molecule has 2 aromatic rings. The fourth-order valence-electron chi connectivity index (χ4n) is 3.99. The lowest BCUT2D eigenvalue weighted by Crippen LogP contribution is -2.45. The Balaban J connectivity index is 1.60. The molecule has 0 atom stereocenters. The number of ether oxygens (including phenoxy) is 1. The molecule has 1 aliphatic carbocycles. The number of amides is 4. The van der Waals surface area contributed by atoms with Crippen LogP contribution in [0.5, 0.6) is 0 Å². The maximum absolute atomic E-state index is 12.9. The van der Waals surface area contributed by atoms with E-state index in [1.165, 1.54) is 11.3 Å². The van der Waals surface area contributed by atoms with Crippen molar-refractivity contribution in [3.05, 3.63) is 46.2 Å². The number of anilines is 2. The maximum atomic E-state index is 12.9. The second-order valence-electron chi connectivity index (χ2n) is 10.6. The van der Waals surface area contributed by atoms with E-state index in [0.29, 0.717) is 30.0 Å². The van der Waals surface area contributed by atoms with Crippen LogP contribution in [0.25, 0.3) is 0 Å². The molecule has 37 heavy (non-hydrogen) atoms. The molecule has 1 heterocycles. The van der Waals surface area contributed by atoms with E-state index in [0.717, 1.165) is 37.8 Å². The van der Waals surface area contributed by atoms with Crippen molar-refractivity contribution in [2.24, 2.45) is 0 Å². The Labute approximate surface area is 223 Å². The van der Waals surface area contributed by atoms with Crippen molar-refractivity contribution >= 4 is 40.7 Å². The van der Waals surface area contributed by atoms with E-state index in [1.54, 1.807) is 43.7 Å². The first kappa shape index (κ1) is 28.5. The summed E-state index contributed by atoms with van der Waals surface area (Å²) in [7, 11) is 3.98. The third-order valence-corrected chi connectivity index (χ3v) is 6.67. The van der Waals surface area contributed by atoms with Crippen molar-refractivity contribution in [1.29, 1.82) is 0 Å². The number of rotatable bonds is 9. The van der Waals surface area contributed by atoms with Crippen molar-refractivity contribution in [1.82, 2.24) is 15.1 Å². The van der Waals surface area contributed by atoms with Crippen molar-refractivity contribution in [3.8, 4) is 0 Å². The van der Waals surface area contributed by atoms with Crippen molar-refractivity contribution < 1.29 is 19.1 Å². The minimum absolute atomic E-state index is 0.0435. The molecule has 1 aliphatic rings. The molecule has 0 radical (unpaired) electrons. The van der Waals surface area contributed by atoms with Crippen LogP contribution in [0.3, 0.4) is 0 Å². The van der Waals surface area contributed by atoms with Crippen molar-refractivity contribution in [2.45, 2.75) is 64.6 Å². The summed E-state index contributed by atoms with van der Waals surface area (Å²) in [4.78, 5) is 41.8. The van der Waals surface area contributed by atoms with Crippen LogP contribution in [0, 0.1) is 0 Å². The zero-order valence-corrected chi connectivity index (χ0v) is 23.2. The Bertz CT molecular complexity index is 1060. The maximum Gasteiger partial charge on any atom is 0.412 e. The summed E-state index contributed by atoms with van der Waals surface area (Å²) in [6.07, 6.45) is 3.82. The molecule has 1 fully saturated rings. The predicted octanol–water partition coefficient (Wildman–Crippen LogP) is 5.36. The number of likely N-dealkylation sites (N-methyl/N-ethyl adjacent to an activating group) is 1. The largest absolute Gasteiger partial charge is 0.444 e. The molecule has 1 saturated carbocycles. The molecule has 3 rings (SSSR count). The van der Waals surface area contributed by atoms with Crippen LogP contribution in [-0.4, -0.2) is 66.7 Å². The number of nitrogens with one attached hydrogen (secondary N) is 3.